The summed E-state index contributed by atoms with van der Waals surface area (Å²) >= 11 is 0. The molecular formula is C29H38N4O6. The molecule has 2 aromatic carbocycles. The first-order valence-electron chi connectivity index (χ1n) is 13.2. The highest BCUT2D eigenvalue weighted by atomic mass is 16.5. The van der Waals surface area contributed by atoms with Gasteiger partial charge in [-0.25, -0.2) is 0 Å². The van der Waals surface area contributed by atoms with Crippen LogP contribution in [0.3, 0.4) is 0 Å². The number of nitrogens with one attached hydrogen (secondary N) is 1. The molecule has 2 fully saturated rings. The number of hydrogen-bond acceptors (Lipinski definition) is 7. The third kappa shape index (κ3) is 5.86. The molecule has 210 valence electrons. The first-order chi connectivity index (χ1) is 18.7. The van der Waals surface area contributed by atoms with Gasteiger partial charge in [0.2, 0.25) is 5.91 Å². The Morgan fingerprint density at radius 3 is 2.36 bits per heavy atom. The van der Waals surface area contributed by atoms with Gasteiger partial charge >= 0.3 is 0 Å². The van der Waals surface area contributed by atoms with Gasteiger partial charge in [-0.15, -0.1) is 0 Å². The highest BCUT2D eigenvalue weighted by molar-refractivity contribution is 5.99. The fourth-order valence-electron chi connectivity index (χ4n) is 5.24. The standard InChI is InChI=1S/C29H38N4O6/c1-20-8-6-7-9-22(20)28(36)33-23(26(34)30-14-17-31(2)3)19-39-29(33)12-15-32(16-13-29)27(35)21-10-11-24(37-4)25(18-21)38-5/h6-11,18,23H,12-17,19H2,1-5H3,(H,30,34)/t23-/m0/s1. The Hall–Kier alpha value is -3.63. The molecule has 2 aliphatic heterocycles. The summed E-state index contributed by atoms with van der Waals surface area (Å²) < 4.78 is 16.9. The van der Waals surface area contributed by atoms with Gasteiger partial charge in [-0.3, -0.25) is 19.3 Å². The summed E-state index contributed by atoms with van der Waals surface area (Å²) in [6, 6.07) is 11.7. The zero-order valence-corrected chi connectivity index (χ0v) is 23.4. The number of rotatable bonds is 8. The lowest BCUT2D eigenvalue weighted by molar-refractivity contribution is -0.128. The van der Waals surface area contributed by atoms with E-state index in [2.05, 4.69) is 5.32 Å². The second kappa shape index (κ2) is 12.0. The maximum atomic E-state index is 14.0. The number of ether oxygens (including phenoxy) is 3. The Labute approximate surface area is 229 Å². The number of aryl methyl sites for hydroxylation is 1. The van der Waals surface area contributed by atoms with Gasteiger partial charge in [0.05, 0.1) is 20.8 Å². The minimum absolute atomic E-state index is 0.106. The summed E-state index contributed by atoms with van der Waals surface area (Å²) in [6.07, 6.45) is 0.788. The minimum atomic E-state index is -0.975. The molecule has 0 bridgehead atoms. The summed E-state index contributed by atoms with van der Waals surface area (Å²) in [6.45, 7) is 3.89. The average Bonchev–Trinajstić information content (AvgIpc) is 3.30. The molecule has 0 saturated carbocycles. The summed E-state index contributed by atoms with van der Waals surface area (Å²) in [5.41, 5.74) is 0.883. The molecule has 39 heavy (non-hydrogen) atoms. The Bertz CT molecular complexity index is 1210. The van der Waals surface area contributed by atoms with Crippen molar-refractivity contribution in [3.8, 4) is 11.5 Å². The third-order valence-corrected chi connectivity index (χ3v) is 7.48. The van der Waals surface area contributed by atoms with Crippen LogP contribution in [0.2, 0.25) is 0 Å². The van der Waals surface area contributed by atoms with Crippen molar-refractivity contribution in [3.05, 3.63) is 59.2 Å². The number of piperidine rings is 1. The number of likely N-dealkylation sites (N-methyl/N-ethyl adjacent to an activating group) is 1. The normalized spacial score (nSPS) is 18.4. The molecule has 0 aliphatic carbocycles. The monoisotopic (exact) mass is 538 g/mol. The second-order valence-electron chi connectivity index (χ2n) is 10.2. The van der Waals surface area contributed by atoms with Crippen LogP contribution in [0, 0.1) is 6.92 Å². The molecule has 10 nitrogen and oxygen atoms in total. The fraction of sp³-hybridized carbons (Fsp3) is 0.483. The number of amides is 3. The van der Waals surface area contributed by atoms with Crippen molar-refractivity contribution in [2.45, 2.75) is 31.5 Å². The van der Waals surface area contributed by atoms with Crippen LogP contribution < -0.4 is 14.8 Å². The molecule has 1 N–H and O–H groups in total. The summed E-state index contributed by atoms with van der Waals surface area (Å²) in [4.78, 5) is 45.9. The Balaban J connectivity index is 1.55. The van der Waals surface area contributed by atoms with Gasteiger partial charge in [0.25, 0.3) is 11.8 Å². The van der Waals surface area contributed by atoms with E-state index in [1.54, 1.807) is 41.2 Å². The fourth-order valence-corrected chi connectivity index (χ4v) is 5.24. The van der Waals surface area contributed by atoms with E-state index in [0.29, 0.717) is 61.6 Å². The molecule has 2 aliphatic rings. The molecule has 0 aromatic heterocycles. The number of hydrogen-bond donors (Lipinski definition) is 1. The zero-order chi connectivity index (χ0) is 28.2. The molecule has 0 radical (unpaired) electrons. The van der Waals surface area contributed by atoms with Gasteiger partial charge in [0.1, 0.15) is 11.8 Å². The Morgan fingerprint density at radius 1 is 1.03 bits per heavy atom. The van der Waals surface area contributed by atoms with E-state index in [0.717, 1.165) is 5.56 Å². The number of carbonyl (C=O) groups excluding carboxylic acids is 3. The Morgan fingerprint density at radius 2 is 1.72 bits per heavy atom. The van der Waals surface area contributed by atoms with Crippen molar-refractivity contribution in [3.63, 3.8) is 0 Å². The molecule has 10 heteroatoms. The van der Waals surface area contributed by atoms with E-state index in [9.17, 15) is 14.4 Å². The van der Waals surface area contributed by atoms with Gasteiger partial charge in [-0.05, 0) is 50.8 Å². The maximum absolute atomic E-state index is 14.0. The molecule has 1 atom stereocenters. The summed E-state index contributed by atoms with van der Waals surface area (Å²) in [7, 11) is 6.95. The summed E-state index contributed by atoms with van der Waals surface area (Å²) in [5.74, 6) is 0.413. The average molecular weight is 539 g/mol. The lowest BCUT2D eigenvalue weighted by atomic mass is 9.95. The molecule has 0 unspecified atom stereocenters. The zero-order valence-electron chi connectivity index (χ0n) is 23.4. The predicted molar refractivity (Wildman–Crippen MR) is 146 cm³/mol. The van der Waals surface area contributed by atoms with Gasteiger partial charge in [-0.2, -0.15) is 0 Å². The smallest absolute Gasteiger partial charge is 0.257 e. The highest BCUT2D eigenvalue weighted by Gasteiger charge is 2.54. The van der Waals surface area contributed by atoms with E-state index in [4.69, 9.17) is 14.2 Å². The lowest BCUT2D eigenvalue weighted by Crippen LogP contribution is -2.60. The van der Waals surface area contributed by atoms with Crippen molar-refractivity contribution in [1.82, 2.24) is 20.0 Å². The molecule has 4 rings (SSSR count). The van der Waals surface area contributed by atoms with Gasteiger partial charge in [-0.1, -0.05) is 18.2 Å². The molecule has 2 aromatic rings. The van der Waals surface area contributed by atoms with Crippen LogP contribution in [0.4, 0.5) is 0 Å². The van der Waals surface area contributed by atoms with Crippen LogP contribution >= 0.6 is 0 Å². The SMILES string of the molecule is COc1ccc(C(=O)N2CCC3(CC2)OC[C@@H](C(=O)NCCN(C)C)N3C(=O)c2ccccc2C)cc1OC. The highest BCUT2D eigenvalue weighted by Crippen LogP contribution is 2.39. The maximum Gasteiger partial charge on any atom is 0.257 e. The number of likely N-dealkylation sites (tertiary alicyclic amines) is 1. The van der Waals surface area contributed by atoms with Crippen LogP contribution in [0.1, 0.15) is 39.1 Å². The lowest BCUT2D eigenvalue weighted by Gasteiger charge is -2.44. The van der Waals surface area contributed by atoms with Crippen molar-refractivity contribution in [2.75, 3.05) is 61.1 Å². The topological polar surface area (TPSA) is 101 Å². The first kappa shape index (κ1) is 28.4. The van der Waals surface area contributed by atoms with Gasteiger partial charge in [0.15, 0.2) is 11.5 Å². The first-order valence-corrected chi connectivity index (χ1v) is 13.2. The Kier molecular flexibility index (Phi) is 8.76. The number of nitrogens with zero attached hydrogens (tertiary/aromatic N) is 3. The van der Waals surface area contributed by atoms with Crippen molar-refractivity contribution in [2.24, 2.45) is 0 Å². The van der Waals surface area contributed by atoms with Crippen LogP contribution in [0.25, 0.3) is 0 Å². The van der Waals surface area contributed by atoms with Crippen LogP contribution in [-0.4, -0.2) is 105 Å². The molecule has 1 spiro atoms. The predicted octanol–water partition coefficient (Wildman–Crippen LogP) is 2.16. The molecule has 3 amide bonds. The van der Waals surface area contributed by atoms with E-state index in [1.165, 1.54) is 7.11 Å². The van der Waals surface area contributed by atoms with E-state index >= 15 is 0 Å². The van der Waals surface area contributed by atoms with Crippen LogP contribution in [0.5, 0.6) is 11.5 Å². The van der Waals surface area contributed by atoms with E-state index in [-0.39, 0.29) is 24.3 Å². The third-order valence-electron chi connectivity index (χ3n) is 7.48. The van der Waals surface area contributed by atoms with Crippen molar-refractivity contribution >= 4 is 17.7 Å². The number of carbonyl (C=O) groups is 3. The molecular weight excluding hydrogens is 500 g/mol. The molecule has 2 heterocycles. The number of benzene rings is 2. The minimum Gasteiger partial charge on any atom is -0.493 e. The van der Waals surface area contributed by atoms with Crippen LogP contribution in [0.15, 0.2) is 42.5 Å². The quantitative estimate of drug-likeness (QED) is 0.550. The second-order valence-corrected chi connectivity index (χ2v) is 10.2. The van der Waals surface area contributed by atoms with E-state index < -0.39 is 11.8 Å². The van der Waals surface area contributed by atoms with Crippen LogP contribution in [-0.2, 0) is 9.53 Å². The number of methoxy groups -OCH3 is 2. The molecule has 2 saturated heterocycles. The van der Waals surface area contributed by atoms with Crippen molar-refractivity contribution in [1.29, 1.82) is 0 Å². The van der Waals surface area contributed by atoms with E-state index in [1.807, 2.05) is 44.1 Å². The van der Waals surface area contributed by atoms with Crippen molar-refractivity contribution < 1.29 is 28.6 Å². The van der Waals surface area contributed by atoms with Gasteiger partial charge in [0, 0.05) is 50.1 Å². The largest absolute Gasteiger partial charge is 0.493 e. The summed E-state index contributed by atoms with van der Waals surface area (Å²) in [5, 5.41) is 2.96. The van der Waals surface area contributed by atoms with Gasteiger partial charge < -0.3 is 29.3 Å².